The molecule has 0 spiro atoms. The first kappa shape index (κ1) is 17.7. The Kier molecular flexibility index (Phi) is 5.74. The van der Waals surface area contributed by atoms with Crippen LogP contribution < -0.4 is 5.32 Å². The first-order valence-electron chi connectivity index (χ1n) is 7.94. The van der Waals surface area contributed by atoms with Gasteiger partial charge in [-0.15, -0.1) is 0 Å². The van der Waals surface area contributed by atoms with Gasteiger partial charge in [0.25, 0.3) is 5.91 Å². The quantitative estimate of drug-likeness (QED) is 0.828. The predicted octanol–water partition coefficient (Wildman–Crippen LogP) is 4.42. The van der Waals surface area contributed by atoms with Gasteiger partial charge in [0.1, 0.15) is 6.61 Å². The monoisotopic (exact) mass is 325 g/mol. The number of benzene rings is 2. The van der Waals surface area contributed by atoms with E-state index in [2.05, 4.69) is 5.32 Å². The van der Waals surface area contributed by atoms with Crippen LogP contribution in [0.2, 0.25) is 0 Å². The molecule has 0 radical (unpaired) electrons. The van der Waals surface area contributed by atoms with Crippen LogP contribution in [0.5, 0.6) is 0 Å². The summed E-state index contributed by atoms with van der Waals surface area (Å²) in [6.07, 6.45) is 0.380. The lowest BCUT2D eigenvalue weighted by Crippen LogP contribution is -2.15. The molecule has 0 heterocycles. The number of hydrogen-bond acceptors (Lipinski definition) is 3. The molecule has 2 aromatic carbocycles. The largest absolute Gasteiger partial charge is 0.461 e. The fraction of sp³-hybridized carbons (Fsp3) is 0.300. The second kappa shape index (κ2) is 7.77. The zero-order valence-corrected chi connectivity index (χ0v) is 14.3. The van der Waals surface area contributed by atoms with Crippen molar-refractivity contribution in [2.75, 3.05) is 5.32 Å². The fourth-order valence-electron chi connectivity index (χ4n) is 2.12. The van der Waals surface area contributed by atoms with Crippen molar-refractivity contribution in [3.63, 3.8) is 0 Å². The summed E-state index contributed by atoms with van der Waals surface area (Å²) in [6.45, 7) is 6.20. The summed E-state index contributed by atoms with van der Waals surface area (Å²) in [5.74, 6) is -0.383. The zero-order valence-electron chi connectivity index (χ0n) is 14.3. The van der Waals surface area contributed by atoms with Crippen LogP contribution in [0.15, 0.2) is 54.6 Å². The lowest BCUT2D eigenvalue weighted by Gasteiger charge is -2.16. The standard InChI is InChI=1S/C20H23NO3/c1-20(2,3)13-18(22)24-14-15-9-11-16(12-10-15)19(23)21-17-7-5-4-6-8-17/h4-12H,13-14H2,1-3H3,(H,21,23). The summed E-state index contributed by atoms with van der Waals surface area (Å²) in [5.41, 5.74) is 2.08. The Hall–Kier alpha value is -2.62. The molecule has 0 bridgehead atoms. The Balaban J connectivity index is 1.88. The Morgan fingerprint density at radius 2 is 1.58 bits per heavy atom. The number of esters is 1. The molecule has 4 nitrogen and oxygen atoms in total. The number of carbonyl (C=O) groups excluding carboxylic acids is 2. The number of ether oxygens (including phenoxy) is 1. The van der Waals surface area contributed by atoms with Crippen LogP contribution in [0.25, 0.3) is 0 Å². The summed E-state index contributed by atoms with van der Waals surface area (Å²) in [6, 6.07) is 16.3. The van der Waals surface area contributed by atoms with Crippen LogP contribution in [0.3, 0.4) is 0 Å². The molecule has 0 atom stereocenters. The average molecular weight is 325 g/mol. The van der Waals surface area contributed by atoms with Gasteiger partial charge in [0, 0.05) is 11.3 Å². The summed E-state index contributed by atoms with van der Waals surface area (Å²) >= 11 is 0. The van der Waals surface area contributed by atoms with Crippen molar-refractivity contribution in [1.82, 2.24) is 0 Å². The van der Waals surface area contributed by atoms with Crippen LogP contribution in [0, 0.1) is 5.41 Å². The third-order valence-corrected chi connectivity index (χ3v) is 3.32. The van der Waals surface area contributed by atoms with Crippen molar-refractivity contribution in [3.8, 4) is 0 Å². The summed E-state index contributed by atoms with van der Waals surface area (Å²) in [5, 5.41) is 2.83. The van der Waals surface area contributed by atoms with Gasteiger partial charge in [0.15, 0.2) is 0 Å². The molecule has 0 aromatic heterocycles. The minimum atomic E-state index is -0.214. The van der Waals surface area contributed by atoms with E-state index >= 15 is 0 Å². The van der Waals surface area contributed by atoms with Gasteiger partial charge in [-0.1, -0.05) is 51.1 Å². The fourth-order valence-corrected chi connectivity index (χ4v) is 2.12. The molecule has 0 saturated heterocycles. The number of amides is 1. The number of rotatable bonds is 5. The van der Waals surface area contributed by atoms with Crippen LogP contribution in [-0.2, 0) is 16.1 Å². The molecule has 0 aliphatic heterocycles. The van der Waals surface area contributed by atoms with E-state index in [9.17, 15) is 9.59 Å². The van der Waals surface area contributed by atoms with Gasteiger partial charge in [0.05, 0.1) is 6.42 Å². The molecule has 2 aromatic rings. The van der Waals surface area contributed by atoms with E-state index in [0.717, 1.165) is 11.3 Å². The smallest absolute Gasteiger partial charge is 0.306 e. The van der Waals surface area contributed by atoms with Gasteiger partial charge in [-0.05, 0) is 35.2 Å². The van der Waals surface area contributed by atoms with E-state index in [0.29, 0.717) is 12.0 Å². The molecule has 24 heavy (non-hydrogen) atoms. The van der Waals surface area contributed by atoms with E-state index < -0.39 is 0 Å². The summed E-state index contributed by atoms with van der Waals surface area (Å²) in [4.78, 5) is 23.9. The molecule has 0 aliphatic carbocycles. The van der Waals surface area contributed by atoms with Crippen LogP contribution >= 0.6 is 0 Å². The van der Waals surface area contributed by atoms with Crippen molar-refractivity contribution < 1.29 is 14.3 Å². The maximum absolute atomic E-state index is 12.2. The molecular weight excluding hydrogens is 302 g/mol. The second-order valence-corrected chi connectivity index (χ2v) is 6.92. The lowest BCUT2D eigenvalue weighted by molar-refractivity contribution is -0.147. The summed E-state index contributed by atoms with van der Waals surface area (Å²) in [7, 11) is 0. The highest BCUT2D eigenvalue weighted by Crippen LogP contribution is 2.19. The van der Waals surface area contributed by atoms with Gasteiger partial charge in [-0.25, -0.2) is 0 Å². The van der Waals surface area contributed by atoms with Crippen molar-refractivity contribution in [3.05, 3.63) is 65.7 Å². The predicted molar refractivity (Wildman–Crippen MR) is 94.7 cm³/mol. The van der Waals surface area contributed by atoms with Crippen molar-refractivity contribution in [2.24, 2.45) is 5.41 Å². The SMILES string of the molecule is CC(C)(C)CC(=O)OCc1ccc(C(=O)Nc2ccccc2)cc1. The number of para-hydroxylation sites is 1. The van der Waals surface area contributed by atoms with Crippen molar-refractivity contribution >= 4 is 17.6 Å². The third kappa shape index (κ3) is 5.88. The van der Waals surface area contributed by atoms with Gasteiger partial charge in [-0.2, -0.15) is 0 Å². The Morgan fingerprint density at radius 3 is 2.17 bits per heavy atom. The average Bonchev–Trinajstić information content (AvgIpc) is 2.53. The summed E-state index contributed by atoms with van der Waals surface area (Å²) < 4.78 is 5.26. The minimum Gasteiger partial charge on any atom is -0.461 e. The van der Waals surface area contributed by atoms with Crippen molar-refractivity contribution in [2.45, 2.75) is 33.8 Å². The molecule has 0 aliphatic rings. The molecule has 126 valence electrons. The highest BCUT2D eigenvalue weighted by atomic mass is 16.5. The van der Waals surface area contributed by atoms with E-state index in [1.807, 2.05) is 51.1 Å². The zero-order chi connectivity index (χ0) is 17.6. The van der Waals surface area contributed by atoms with Crippen LogP contribution in [-0.4, -0.2) is 11.9 Å². The van der Waals surface area contributed by atoms with E-state index in [1.54, 1.807) is 24.3 Å². The van der Waals surface area contributed by atoms with Gasteiger partial charge >= 0.3 is 5.97 Å². The van der Waals surface area contributed by atoms with Gasteiger partial charge in [0.2, 0.25) is 0 Å². The number of hydrogen-bond donors (Lipinski definition) is 1. The maximum Gasteiger partial charge on any atom is 0.306 e. The molecule has 1 N–H and O–H groups in total. The molecule has 1 amide bonds. The second-order valence-electron chi connectivity index (χ2n) is 6.92. The molecule has 0 saturated carbocycles. The third-order valence-electron chi connectivity index (χ3n) is 3.32. The Labute approximate surface area is 142 Å². The highest BCUT2D eigenvalue weighted by Gasteiger charge is 2.17. The molecule has 4 heteroatoms. The molecule has 2 rings (SSSR count). The topological polar surface area (TPSA) is 55.4 Å². The molecule has 0 unspecified atom stereocenters. The van der Waals surface area contributed by atoms with E-state index in [-0.39, 0.29) is 23.9 Å². The van der Waals surface area contributed by atoms with Crippen LogP contribution in [0.1, 0.15) is 43.1 Å². The van der Waals surface area contributed by atoms with E-state index in [4.69, 9.17) is 4.74 Å². The molecular formula is C20H23NO3. The maximum atomic E-state index is 12.2. The molecule has 0 fully saturated rings. The van der Waals surface area contributed by atoms with Gasteiger partial charge in [-0.3, -0.25) is 9.59 Å². The lowest BCUT2D eigenvalue weighted by atomic mass is 9.92. The minimum absolute atomic E-state index is 0.0868. The van der Waals surface area contributed by atoms with Crippen molar-refractivity contribution in [1.29, 1.82) is 0 Å². The Bertz CT molecular complexity index is 685. The first-order chi connectivity index (χ1) is 11.3. The number of nitrogens with one attached hydrogen (secondary N) is 1. The Morgan fingerprint density at radius 1 is 0.958 bits per heavy atom. The normalized spacial score (nSPS) is 11.0. The number of anilines is 1. The van der Waals surface area contributed by atoms with Crippen LogP contribution in [0.4, 0.5) is 5.69 Å². The first-order valence-corrected chi connectivity index (χ1v) is 7.94. The van der Waals surface area contributed by atoms with E-state index in [1.165, 1.54) is 0 Å². The number of carbonyl (C=O) groups is 2. The van der Waals surface area contributed by atoms with Gasteiger partial charge < -0.3 is 10.1 Å². The highest BCUT2D eigenvalue weighted by molar-refractivity contribution is 6.04.